The lowest BCUT2D eigenvalue weighted by molar-refractivity contribution is -0.0501. The molecule has 5 nitrogen and oxygen atoms in total. The minimum Gasteiger partial charge on any atom is -0.355 e. The first kappa shape index (κ1) is 12.6. The lowest BCUT2D eigenvalue weighted by Crippen LogP contribution is -2.28. The summed E-state index contributed by atoms with van der Waals surface area (Å²) in [5.41, 5.74) is -5.40. The third-order valence-corrected chi connectivity index (χ3v) is 2.87. The summed E-state index contributed by atoms with van der Waals surface area (Å²) in [6.45, 7) is 0. The Morgan fingerprint density at radius 2 is 1.89 bits per heavy atom. The average Bonchev–Trinajstić information content (AvgIpc) is 2.27. The number of hydrogen-bond donors (Lipinski definition) is 0. The molecule has 96 valence electrons. The highest BCUT2D eigenvalue weighted by Crippen LogP contribution is 2.26. The van der Waals surface area contributed by atoms with E-state index in [1.165, 1.54) is 12.3 Å². The van der Waals surface area contributed by atoms with Crippen molar-refractivity contribution >= 4 is 21.2 Å². The van der Waals surface area contributed by atoms with Crippen LogP contribution in [-0.2, 0) is 10.1 Å². The van der Waals surface area contributed by atoms with Crippen LogP contribution in [0, 0.1) is 0 Å². The Balaban J connectivity index is 2.39. The van der Waals surface area contributed by atoms with Gasteiger partial charge in [-0.2, -0.15) is 26.6 Å². The van der Waals surface area contributed by atoms with Gasteiger partial charge in [-0.15, -0.1) is 0 Å². The van der Waals surface area contributed by atoms with Gasteiger partial charge in [-0.3, -0.25) is 0 Å². The normalized spacial score (nSPS) is 12.6. The summed E-state index contributed by atoms with van der Waals surface area (Å²) in [6.07, 6.45) is 1.37. The van der Waals surface area contributed by atoms with Crippen LogP contribution in [0.25, 0.3) is 11.0 Å². The highest BCUT2D eigenvalue weighted by Gasteiger charge is 2.48. The van der Waals surface area contributed by atoms with Gasteiger partial charge < -0.3 is 4.18 Å². The van der Waals surface area contributed by atoms with Crippen molar-refractivity contribution in [2.45, 2.75) is 5.51 Å². The van der Waals surface area contributed by atoms with Crippen LogP contribution in [0.3, 0.4) is 0 Å². The van der Waals surface area contributed by atoms with Gasteiger partial charge in [0.25, 0.3) is 0 Å². The van der Waals surface area contributed by atoms with Crippen molar-refractivity contribution in [1.82, 2.24) is 9.97 Å². The van der Waals surface area contributed by atoms with Crippen LogP contribution in [0.1, 0.15) is 0 Å². The summed E-state index contributed by atoms with van der Waals surface area (Å²) < 4.78 is 61.6. The second kappa shape index (κ2) is 4.09. The fourth-order valence-corrected chi connectivity index (χ4v) is 1.55. The first-order valence-corrected chi connectivity index (χ1v) is 5.93. The van der Waals surface area contributed by atoms with Gasteiger partial charge in [-0.1, -0.05) is 0 Å². The summed E-state index contributed by atoms with van der Waals surface area (Å²) in [5, 5.41) is 0.550. The number of pyridine rings is 2. The molecule has 0 unspecified atom stereocenters. The van der Waals surface area contributed by atoms with E-state index in [2.05, 4.69) is 14.2 Å². The number of alkyl halides is 3. The van der Waals surface area contributed by atoms with Gasteiger partial charge in [0.2, 0.25) is 5.88 Å². The third-order valence-electron chi connectivity index (χ3n) is 1.92. The Bertz CT molecular complexity index is 685. The van der Waals surface area contributed by atoms with Crippen molar-refractivity contribution < 1.29 is 25.8 Å². The molecule has 0 aliphatic carbocycles. The van der Waals surface area contributed by atoms with Gasteiger partial charge in [0.05, 0.1) is 0 Å². The summed E-state index contributed by atoms with van der Waals surface area (Å²) in [5.74, 6) is -0.682. The van der Waals surface area contributed by atoms with Crippen molar-refractivity contribution in [2.24, 2.45) is 0 Å². The molecule has 0 aliphatic rings. The maximum Gasteiger partial charge on any atom is 0.534 e. The molecule has 0 radical (unpaired) electrons. The molecule has 0 bridgehead atoms. The number of rotatable bonds is 2. The fourth-order valence-electron chi connectivity index (χ4n) is 1.14. The molecule has 9 heteroatoms. The van der Waals surface area contributed by atoms with Gasteiger partial charge in [-0.25, -0.2) is 4.98 Å². The number of halogens is 3. The van der Waals surface area contributed by atoms with Crippen LogP contribution in [0.15, 0.2) is 30.5 Å². The van der Waals surface area contributed by atoms with E-state index in [1.54, 1.807) is 12.1 Å². The lowest BCUT2D eigenvalue weighted by atomic mass is 10.3. The molecule has 0 atom stereocenters. The summed E-state index contributed by atoms with van der Waals surface area (Å²) in [6, 6.07) is 5.61. The van der Waals surface area contributed by atoms with Gasteiger partial charge in [0, 0.05) is 17.6 Å². The Morgan fingerprint density at radius 3 is 2.56 bits per heavy atom. The Kier molecular flexibility index (Phi) is 2.85. The van der Waals surface area contributed by atoms with E-state index in [0.717, 1.165) is 6.07 Å². The third kappa shape index (κ3) is 2.35. The number of nitrogens with zero attached hydrogens (tertiary/aromatic N) is 2. The van der Waals surface area contributed by atoms with Gasteiger partial charge >= 0.3 is 15.6 Å². The maximum atomic E-state index is 12.1. The minimum absolute atomic E-state index is 0.0902. The molecule has 18 heavy (non-hydrogen) atoms. The van der Waals surface area contributed by atoms with Gasteiger partial charge in [0.15, 0.2) is 5.65 Å². The average molecular weight is 278 g/mol. The zero-order valence-electron chi connectivity index (χ0n) is 8.55. The zero-order valence-corrected chi connectivity index (χ0v) is 9.36. The first-order valence-electron chi connectivity index (χ1n) is 4.52. The first-order chi connectivity index (χ1) is 8.29. The smallest absolute Gasteiger partial charge is 0.355 e. The quantitative estimate of drug-likeness (QED) is 0.619. The molecule has 2 aromatic heterocycles. The zero-order chi connectivity index (χ0) is 13.4. The van der Waals surface area contributed by atoms with Crippen LogP contribution < -0.4 is 4.18 Å². The van der Waals surface area contributed by atoms with Crippen LogP contribution >= 0.6 is 0 Å². The largest absolute Gasteiger partial charge is 0.534 e. The number of fused-ring (bicyclic) bond motifs is 1. The van der Waals surface area contributed by atoms with Gasteiger partial charge in [-0.05, 0) is 18.2 Å². The second-order valence-corrected chi connectivity index (χ2v) is 4.72. The summed E-state index contributed by atoms with van der Waals surface area (Å²) >= 11 is 0. The standard InChI is InChI=1S/C9H5F3N2O3S/c10-9(11,12)18(15,16)17-7-4-3-6-2-1-5-13-8(6)14-7/h1-5H. The molecular formula is C9H5F3N2O3S. The van der Waals surface area contributed by atoms with E-state index in [0.29, 0.717) is 5.39 Å². The minimum atomic E-state index is -5.71. The molecule has 0 aromatic carbocycles. The molecule has 0 aliphatic heterocycles. The van der Waals surface area contributed by atoms with Crippen LogP contribution in [-0.4, -0.2) is 23.9 Å². The Hall–Kier alpha value is -1.90. The molecule has 0 amide bonds. The van der Waals surface area contributed by atoms with Crippen molar-refractivity contribution in [1.29, 1.82) is 0 Å². The van der Waals surface area contributed by atoms with E-state index in [1.807, 2.05) is 0 Å². The molecule has 2 rings (SSSR count). The molecule has 0 spiro atoms. The van der Waals surface area contributed by atoms with Crippen LogP contribution in [0.5, 0.6) is 5.88 Å². The highest BCUT2D eigenvalue weighted by molar-refractivity contribution is 7.87. The molecule has 0 N–H and O–H groups in total. The van der Waals surface area contributed by atoms with Crippen molar-refractivity contribution in [3.63, 3.8) is 0 Å². The van der Waals surface area contributed by atoms with Crippen LogP contribution in [0.2, 0.25) is 0 Å². The lowest BCUT2D eigenvalue weighted by Gasteiger charge is -2.08. The topological polar surface area (TPSA) is 69.2 Å². The van der Waals surface area contributed by atoms with Crippen LogP contribution in [0.4, 0.5) is 13.2 Å². The fraction of sp³-hybridized carbons (Fsp3) is 0.111. The van der Waals surface area contributed by atoms with E-state index in [9.17, 15) is 21.6 Å². The Labute approximate surface area is 99.4 Å². The second-order valence-electron chi connectivity index (χ2n) is 3.18. The monoisotopic (exact) mass is 278 g/mol. The van der Waals surface area contributed by atoms with Crippen molar-refractivity contribution in [2.75, 3.05) is 0 Å². The summed E-state index contributed by atoms with van der Waals surface area (Å²) in [7, 11) is -5.71. The SMILES string of the molecule is O=S(=O)(Oc1ccc2cccnc2n1)C(F)(F)F. The van der Waals surface area contributed by atoms with Crippen molar-refractivity contribution in [3.8, 4) is 5.88 Å². The molecule has 0 fully saturated rings. The molecular weight excluding hydrogens is 273 g/mol. The maximum absolute atomic E-state index is 12.1. The predicted molar refractivity (Wildman–Crippen MR) is 55.1 cm³/mol. The molecule has 2 heterocycles. The molecule has 0 saturated carbocycles. The van der Waals surface area contributed by atoms with Crippen molar-refractivity contribution in [3.05, 3.63) is 30.5 Å². The van der Waals surface area contributed by atoms with E-state index >= 15 is 0 Å². The predicted octanol–water partition coefficient (Wildman–Crippen LogP) is 1.86. The number of aromatic nitrogens is 2. The Morgan fingerprint density at radius 1 is 1.17 bits per heavy atom. The van der Waals surface area contributed by atoms with E-state index in [4.69, 9.17) is 0 Å². The molecule has 0 saturated heterocycles. The molecule has 2 aromatic rings. The van der Waals surface area contributed by atoms with Gasteiger partial charge in [0.1, 0.15) is 0 Å². The highest BCUT2D eigenvalue weighted by atomic mass is 32.2. The number of hydrogen-bond acceptors (Lipinski definition) is 5. The van der Waals surface area contributed by atoms with E-state index in [-0.39, 0.29) is 5.65 Å². The van der Waals surface area contributed by atoms with E-state index < -0.39 is 21.5 Å². The summed E-state index contributed by atoms with van der Waals surface area (Å²) in [4.78, 5) is 7.33.